The normalized spacial score (nSPS) is 24.8. The van der Waals surface area contributed by atoms with Crippen LogP contribution in [0.4, 0.5) is 0 Å². The highest BCUT2D eigenvalue weighted by Gasteiger charge is 2.18. The molecule has 62 valence electrons. The summed E-state index contributed by atoms with van der Waals surface area (Å²) in [5.41, 5.74) is 0.720. The van der Waals surface area contributed by atoms with E-state index in [1.165, 1.54) is 0 Å². The molecule has 1 atom stereocenters. The van der Waals surface area contributed by atoms with E-state index in [0.717, 1.165) is 25.0 Å². The van der Waals surface area contributed by atoms with Crippen molar-refractivity contribution in [1.29, 1.82) is 0 Å². The largest absolute Gasteiger partial charge is 0.359 e. The van der Waals surface area contributed by atoms with Gasteiger partial charge in [0.25, 0.3) is 0 Å². The second kappa shape index (κ2) is 4.29. The van der Waals surface area contributed by atoms with Crippen LogP contribution in [0.25, 0.3) is 0 Å². The highest BCUT2D eigenvalue weighted by Crippen LogP contribution is 2.12. The van der Waals surface area contributed by atoms with Gasteiger partial charge in [0.2, 0.25) is 0 Å². The number of hydrogen-bond donors (Lipinski definition) is 1. The number of nitrogens with one attached hydrogen (secondary N) is 1. The minimum atomic E-state index is -0.175. The van der Waals surface area contributed by atoms with Crippen LogP contribution >= 0.6 is 0 Å². The first kappa shape index (κ1) is 8.47. The molecule has 0 aromatic heterocycles. The molecule has 1 saturated heterocycles. The van der Waals surface area contributed by atoms with Gasteiger partial charge in [0.1, 0.15) is 12.2 Å². The average molecular weight is 155 g/mol. The summed E-state index contributed by atoms with van der Waals surface area (Å²) in [7, 11) is 0. The summed E-state index contributed by atoms with van der Waals surface area (Å²) >= 11 is 0. The molecule has 0 saturated carbocycles. The molecule has 11 heavy (non-hydrogen) atoms. The lowest BCUT2D eigenvalue weighted by Crippen LogP contribution is -2.38. The van der Waals surface area contributed by atoms with Crippen LogP contribution in [0.2, 0.25) is 0 Å². The van der Waals surface area contributed by atoms with E-state index in [1.54, 1.807) is 0 Å². The summed E-state index contributed by atoms with van der Waals surface area (Å²) in [6.45, 7) is 3.47. The molecule has 3 nitrogen and oxygen atoms in total. The van der Waals surface area contributed by atoms with Gasteiger partial charge in [-0.05, 0) is 26.3 Å². The van der Waals surface area contributed by atoms with Gasteiger partial charge < -0.3 is 4.74 Å². The lowest BCUT2D eigenvalue weighted by molar-refractivity contribution is 0.0552. The van der Waals surface area contributed by atoms with Gasteiger partial charge in [-0.25, -0.2) is 4.79 Å². The summed E-state index contributed by atoms with van der Waals surface area (Å²) in [4.78, 5) is 10.4. The van der Waals surface area contributed by atoms with Crippen molar-refractivity contribution in [2.45, 2.75) is 26.0 Å². The predicted octanol–water partition coefficient (Wildman–Crippen LogP) is 0.490. The maximum absolute atomic E-state index is 10.4. The minimum Gasteiger partial charge on any atom is -0.359 e. The Kier molecular flexibility index (Phi) is 3.30. The Labute approximate surface area is 66.4 Å². The van der Waals surface area contributed by atoms with Gasteiger partial charge in [0, 0.05) is 6.61 Å². The molecule has 0 radical (unpaired) electrons. The maximum atomic E-state index is 10.4. The molecular weight excluding hydrogens is 142 g/mol. The Morgan fingerprint density at radius 1 is 1.82 bits per heavy atom. The van der Waals surface area contributed by atoms with Gasteiger partial charge >= 0.3 is 0 Å². The summed E-state index contributed by atoms with van der Waals surface area (Å²) in [6.07, 6.45) is 1.65. The molecule has 1 heterocycles. The standard InChI is InChI=1S/C8H13NO2/c1-2-11-8-7(6-10)4-3-5-9-8/h8-9H,2-5H2,1H3. The van der Waals surface area contributed by atoms with Gasteiger partial charge in [-0.2, -0.15) is 0 Å². The third kappa shape index (κ3) is 2.15. The molecule has 0 aromatic carbocycles. The van der Waals surface area contributed by atoms with Gasteiger partial charge in [-0.3, -0.25) is 5.32 Å². The van der Waals surface area contributed by atoms with Crippen LogP contribution in [0.5, 0.6) is 0 Å². The van der Waals surface area contributed by atoms with Crippen molar-refractivity contribution in [2.24, 2.45) is 0 Å². The minimum absolute atomic E-state index is 0.175. The lowest BCUT2D eigenvalue weighted by Gasteiger charge is -2.23. The van der Waals surface area contributed by atoms with Crippen molar-refractivity contribution >= 4 is 5.94 Å². The molecule has 0 amide bonds. The fourth-order valence-corrected chi connectivity index (χ4v) is 1.20. The van der Waals surface area contributed by atoms with Crippen molar-refractivity contribution in [1.82, 2.24) is 5.32 Å². The molecule has 3 heteroatoms. The Morgan fingerprint density at radius 3 is 3.27 bits per heavy atom. The molecule has 1 unspecified atom stereocenters. The van der Waals surface area contributed by atoms with Crippen molar-refractivity contribution in [3.63, 3.8) is 0 Å². The van der Waals surface area contributed by atoms with Crippen LogP contribution in [-0.4, -0.2) is 25.3 Å². The molecule has 1 rings (SSSR count). The molecule has 1 aliphatic heterocycles. The second-order valence-electron chi connectivity index (χ2n) is 2.52. The Bertz CT molecular complexity index is 171. The van der Waals surface area contributed by atoms with Crippen molar-refractivity contribution < 1.29 is 9.53 Å². The highest BCUT2D eigenvalue weighted by atomic mass is 16.5. The van der Waals surface area contributed by atoms with Crippen LogP contribution in [0.1, 0.15) is 19.8 Å². The Morgan fingerprint density at radius 2 is 2.64 bits per heavy atom. The van der Waals surface area contributed by atoms with E-state index in [9.17, 15) is 4.79 Å². The zero-order chi connectivity index (χ0) is 8.10. The van der Waals surface area contributed by atoms with E-state index < -0.39 is 0 Å². The fraction of sp³-hybridized carbons (Fsp3) is 0.750. The summed E-state index contributed by atoms with van der Waals surface area (Å²) < 4.78 is 5.28. The Hall–Kier alpha value is -0.630. The van der Waals surface area contributed by atoms with E-state index in [2.05, 4.69) is 5.32 Å². The molecule has 0 bridgehead atoms. The van der Waals surface area contributed by atoms with Gasteiger partial charge in [-0.15, -0.1) is 0 Å². The first-order valence-corrected chi connectivity index (χ1v) is 3.97. The van der Waals surface area contributed by atoms with E-state index in [0.29, 0.717) is 6.61 Å². The van der Waals surface area contributed by atoms with Crippen LogP contribution < -0.4 is 5.32 Å². The van der Waals surface area contributed by atoms with Crippen LogP contribution in [0, 0.1) is 0 Å². The number of ether oxygens (including phenoxy) is 1. The van der Waals surface area contributed by atoms with Crippen molar-refractivity contribution in [3.8, 4) is 0 Å². The SMILES string of the molecule is CCOC1NCCCC1=C=O. The molecular formula is C8H13NO2. The van der Waals surface area contributed by atoms with Gasteiger partial charge in [-0.1, -0.05) is 0 Å². The van der Waals surface area contributed by atoms with E-state index in [4.69, 9.17) is 4.74 Å². The maximum Gasteiger partial charge on any atom is 0.140 e. The van der Waals surface area contributed by atoms with Gasteiger partial charge in [0.15, 0.2) is 0 Å². The number of carbonyl (C=O) groups excluding carboxylic acids is 1. The highest BCUT2D eigenvalue weighted by molar-refractivity contribution is 5.54. The van der Waals surface area contributed by atoms with Crippen LogP contribution in [0.15, 0.2) is 5.57 Å². The first-order chi connectivity index (χ1) is 5.38. The molecule has 1 fully saturated rings. The molecule has 1 N–H and O–H groups in total. The molecule has 0 aliphatic carbocycles. The van der Waals surface area contributed by atoms with Crippen LogP contribution in [0.3, 0.4) is 0 Å². The van der Waals surface area contributed by atoms with E-state index in [-0.39, 0.29) is 6.23 Å². The number of rotatable bonds is 2. The van der Waals surface area contributed by atoms with Crippen molar-refractivity contribution in [2.75, 3.05) is 13.2 Å². The monoisotopic (exact) mass is 155 g/mol. The Balaban J connectivity index is 2.52. The van der Waals surface area contributed by atoms with E-state index in [1.807, 2.05) is 12.9 Å². The van der Waals surface area contributed by atoms with Crippen LogP contribution in [-0.2, 0) is 9.53 Å². The molecule has 0 aromatic rings. The van der Waals surface area contributed by atoms with E-state index >= 15 is 0 Å². The third-order valence-electron chi connectivity index (χ3n) is 1.73. The second-order valence-corrected chi connectivity index (χ2v) is 2.52. The van der Waals surface area contributed by atoms with Crippen molar-refractivity contribution in [3.05, 3.63) is 5.57 Å². The lowest BCUT2D eigenvalue weighted by atomic mass is 10.1. The smallest absolute Gasteiger partial charge is 0.140 e. The third-order valence-corrected chi connectivity index (χ3v) is 1.73. The predicted molar refractivity (Wildman–Crippen MR) is 41.9 cm³/mol. The summed E-state index contributed by atoms with van der Waals surface area (Å²) in [5.74, 6) is 1.92. The number of hydrogen-bond acceptors (Lipinski definition) is 3. The zero-order valence-electron chi connectivity index (χ0n) is 6.72. The summed E-state index contributed by atoms with van der Waals surface area (Å²) in [5, 5.41) is 3.10. The first-order valence-electron chi connectivity index (χ1n) is 3.97. The molecule has 0 spiro atoms. The quantitative estimate of drug-likeness (QED) is 0.590. The zero-order valence-corrected chi connectivity index (χ0v) is 6.72. The van der Waals surface area contributed by atoms with Gasteiger partial charge in [0.05, 0.1) is 5.57 Å². The number of piperidine rings is 1. The fourth-order valence-electron chi connectivity index (χ4n) is 1.20. The topological polar surface area (TPSA) is 38.3 Å². The summed E-state index contributed by atoms with van der Waals surface area (Å²) in [6, 6.07) is 0. The average Bonchev–Trinajstić information content (AvgIpc) is 2.06. The molecule has 1 aliphatic rings.